The second-order valence-corrected chi connectivity index (χ2v) is 2.82. The Morgan fingerprint density at radius 2 is 1.69 bits per heavy atom. The van der Waals surface area contributed by atoms with Crippen LogP contribution < -0.4 is 17.1 Å². The summed E-state index contributed by atoms with van der Waals surface area (Å²) in [5.74, 6) is 0. The van der Waals surface area contributed by atoms with E-state index in [1.54, 1.807) is 6.92 Å². The lowest BCUT2D eigenvalue weighted by Crippen LogP contribution is -2.44. The molecule has 1 atom stereocenters. The van der Waals surface area contributed by atoms with E-state index in [1.165, 1.54) is 0 Å². The molecule has 1 rings (SSSR count). The number of rotatable bonds is 2. The summed E-state index contributed by atoms with van der Waals surface area (Å²) < 4.78 is 0.987. The van der Waals surface area contributed by atoms with Gasteiger partial charge in [-0.05, 0) is 13.3 Å². The molecule has 0 radical (unpaired) electrons. The van der Waals surface area contributed by atoms with E-state index < -0.39 is 17.1 Å². The summed E-state index contributed by atoms with van der Waals surface area (Å²) in [5, 5.41) is 0. The molecule has 0 aliphatic heterocycles. The molecule has 0 saturated heterocycles. The minimum Gasteiger partial charge on any atom is -0.259 e. The average Bonchev–Trinajstić information content (AvgIpc) is 2.02. The molecule has 6 nitrogen and oxygen atoms in total. The van der Waals surface area contributed by atoms with Crippen molar-refractivity contribution >= 4 is 0 Å². The zero-order valence-corrected chi connectivity index (χ0v) is 7.46. The smallest absolute Gasteiger partial charge is 0.259 e. The minimum absolute atomic E-state index is 0.215. The summed E-state index contributed by atoms with van der Waals surface area (Å²) in [6, 6.07) is -0.215. The lowest BCUT2D eigenvalue weighted by atomic mass is 10.3. The fraction of sp³-hybridized carbons (Fsp3) is 0.571. The van der Waals surface area contributed by atoms with Gasteiger partial charge in [0.05, 0.1) is 0 Å². The normalized spacial score (nSPS) is 12.8. The van der Waals surface area contributed by atoms with Crippen LogP contribution in [0.4, 0.5) is 0 Å². The molecule has 0 bridgehead atoms. The molecule has 0 aliphatic carbocycles. The van der Waals surface area contributed by atoms with Gasteiger partial charge in [0.15, 0.2) is 0 Å². The maximum Gasteiger partial charge on any atom is 0.333 e. The summed E-state index contributed by atoms with van der Waals surface area (Å²) in [6.45, 7) is 3.58. The topological polar surface area (TPSA) is 87.7 Å². The highest BCUT2D eigenvalue weighted by molar-refractivity contribution is 4.73. The molecule has 13 heavy (non-hydrogen) atoms. The fourth-order valence-corrected chi connectivity index (χ4v) is 1.02. The Bertz CT molecular complexity index is 419. The average molecular weight is 185 g/mol. The van der Waals surface area contributed by atoms with Crippen LogP contribution in [0.3, 0.4) is 0 Å². The monoisotopic (exact) mass is 185 g/mol. The molecule has 1 unspecified atom stereocenters. The van der Waals surface area contributed by atoms with E-state index in [4.69, 9.17) is 0 Å². The standard InChI is InChI=1S/C7H11N3O3/c1-3-4(2)10-6(12)8-5(11)9-7(10)13/h4H,3H2,1-2H3,(H2,8,9,11,12,13). The highest BCUT2D eigenvalue weighted by atomic mass is 16.2. The van der Waals surface area contributed by atoms with Crippen LogP contribution in [0, 0.1) is 0 Å². The van der Waals surface area contributed by atoms with Crippen molar-refractivity contribution in [3.8, 4) is 0 Å². The van der Waals surface area contributed by atoms with Gasteiger partial charge < -0.3 is 0 Å². The Kier molecular flexibility index (Phi) is 2.50. The van der Waals surface area contributed by atoms with Gasteiger partial charge in [0.25, 0.3) is 0 Å². The number of aromatic amines is 2. The third-order valence-corrected chi connectivity index (χ3v) is 1.91. The molecule has 1 aromatic heterocycles. The van der Waals surface area contributed by atoms with E-state index in [2.05, 4.69) is 0 Å². The molecular weight excluding hydrogens is 174 g/mol. The molecule has 0 amide bonds. The van der Waals surface area contributed by atoms with Gasteiger partial charge in [0.2, 0.25) is 0 Å². The van der Waals surface area contributed by atoms with Gasteiger partial charge in [-0.1, -0.05) is 6.92 Å². The number of hydrogen-bond acceptors (Lipinski definition) is 3. The number of nitrogens with one attached hydrogen (secondary N) is 2. The lowest BCUT2D eigenvalue weighted by molar-refractivity contribution is 0.473. The lowest BCUT2D eigenvalue weighted by Gasteiger charge is -2.08. The molecule has 0 aliphatic rings. The Labute approximate surface area is 73.2 Å². The van der Waals surface area contributed by atoms with Crippen molar-refractivity contribution in [2.75, 3.05) is 0 Å². The zero-order valence-electron chi connectivity index (χ0n) is 7.46. The third kappa shape index (κ3) is 1.77. The van der Waals surface area contributed by atoms with E-state index in [9.17, 15) is 14.4 Å². The largest absolute Gasteiger partial charge is 0.333 e. The Hall–Kier alpha value is -1.59. The van der Waals surface area contributed by atoms with Gasteiger partial charge in [0, 0.05) is 6.04 Å². The van der Waals surface area contributed by atoms with Crippen LogP contribution in [-0.2, 0) is 0 Å². The molecule has 0 fully saturated rings. The quantitative estimate of drug-likeness (QED) is 0.632. The van der Waals surface area contributed by atoms with Crippen LogP contribution >= 0.6 is 0 Å². The first-order valence-corrected chi connectivity index (χ1v) is 4.01. The number of H-pyrrole nitrogens is 2. The van der Waals surface area contributed by atoms with Crippen LogP contribution in [0.25, 0.3) is 0 Å². The minimum atomic E-state index is -0.769. The van der Waals surface area contributed by atoms with Crippen molar-refractivity contribution in [2.24, 2.45) is 0 Å². The maximum absolute atomic E-state index is 11.1. The number of hydrogen-bond donors (Lipinski definition) is 2. The fourth-order valence-electron chi connectivity index (χ4n) is 1.02. The molecule has 1 heterocycles. The van der Waals surface area contributed by atoms with Gasteiger partial charge in [-0.15, -0.1) is 0 Å². The molecule has 2 N–H and O–H groups in total. The SMILES string of the molecule is CCC(C)n1c(=O)[nH]c(=O)[nH]c1=O. The van der Waals surface area contributed by atoms with Gasteiger partial charge in [-0.25, -0.2) is 19.0 Å². The van der Waals surface area contributed by atoms with Crippen molar-refractivity contribution in [1.29, 1.82) is 0 Å². The molecule has 0 aromatic carbocycles. The Morgan fingerprint density at radius 1 is 1.23 bits per heavy atom. The first-order valence-electron chi connectivity index (χ1n) is 4.01. The van der Waals surface area contributed by atoms with Crippen LogP contribution in [0.2, 0.25) is 0 Å². The van der Waals surface area contributed by atoms with Crippen molar-refractivity contribution in [3.05, 3.63) is 31.5 Å². The van der Waals surface area contributed by atoms with Gasteiger partial charge in [-0.2, -0.15) is 0 Å². The van der Waals surface area contributed by atoms with E-state index >= 15 is 0 Å². The van der Waals surface area contributed by atoms with Gasteiger partial charge in [0.1, 0.15) is 0 Å². The van der Waals surface area contributed by atoms with E-state index in [0.29, 0.717) is 6.42 Å². The molecular formula is C7H11N3O3. The number of aromatic nitrogens is 3. The summed E-state index contributed by atoms with van der Waals surface area (Å²) in [4.78, 5) is 36.9. The Balaban J connectivity index is 3.47. The predicted octanol–water partition coefficient (Wildman–Crippen LogP) is -0.804. The first kappa shape index (κ1) is 9.50. The molecule has 72 valence electrons. The highest BCUT2D eigenvalue weighted by Crippen LogP contribution is 2.00. The second kappa shape index (κ2) is 3.42. The summed E-state index contributed by atoms with van der Waals surface area (Å²) in [5.41, 5.74) is -2.10. The molecule has 0 saturated carbocycles. The van der Waals surface area contributed by atoms with E-state index in [1.807, 2.05) is 16.9 Å². The molecule has 1 aromatic rings. The van der Waals surface area contributed by atoms with Crippen LogP contribution in [0.15, 0.2) is 14.4 Å². The van der Waals surface area contributed by atoms with Crippen LogP contribution in [0.1, 0.15) is 26.3 Å². The van der Waals surface area contributed by atoms with Crippen molar-refractivity contribution < 1.29 is 0 Å². The van der Waals surface area contributed by atoms with Crippen molar-refractivity contribution in [2.45, 2.75) is 26.3 Å². The number of nitrogens with zero attached hydrogens (tertiary/aromatic N) is 1. The van der Waals surface area contributed by atoms with Crippen LogP contribution in [-0.4, -0.2) is 14.5 Å². The zero-order chi connectivity index (χ0) is 10.0. The van der Waals surface area contributed by atoms with Gasteiger partial charge >= 0.3 is 17.1 Å². The second-order valence-electron chi connectivity index (χ2n) is 2.82. The summed E-state index contributed by atoms with van der Waals surface area (Å²) in [6.07, 6.45) is 0.648. The first-order chi connectivity index (χ1) is 6.06. The van der Waals surface area contributed by atoms with Crippen molar-refractivity contribution in [1.82, 2.24) is 14.5 Å². The Morgan fingerprint density at radius 3 is 2.08 bits per heavy atom. The summed E-state index contributed by atoms with van der Waals surface area (Å²) >= 11 is 0. The maximum atomic E-state index is 11.1. The van der Waals surface area contributed by atoms with Crippen LogP contribution in [0.5, 0.6) is 0 Å². The molecule has 0 spiro atoms. The predicted molar refractivity (Wildman–Crippen MR) is 46.9 cm³/mol. The summed E-state index contributed by atoms with van der Waals surface area (Å²) in [7, 11) is 0. The third-order valence-electron chi connectivity index (χ3n) is 1.91. The van der Waals surface area contributed by atoms with Gasteiger partial charge in [-0.3, -0.25) is 9.97 Å². The van der Waals surface area contributed by atoms with E-state index in [-0.39, 0.29) is 6.04 Å². The van der Waals surface area contributed by atoms with E-state index in [0.717, 1.165) is 4.57 Å². The van der Waals surface area contributed by atoms with Crippen molar-refractivity contribution in [3.63, 3.8) is 0 Å². The highest BCUT2D eigenvalue weighted by Gasteiger charge is 2.08. The molecule has 6 heteroatoms.